The Labute approximate surface area is 200 Å². The molecule has 1 aliphatic carbocycles. The van der Waals surface area contributed by atoms with Crippen LogP contribution in [0.2, 0.25) is 0 Å². The number of allylic oxidation sites excluding steroid dienone is 1. The third kappa shape index (κ3) is 3.46. The summed E-state index contributed by atoms with van der Waals surface area (Å²) in [4.78, 5) is 9.90. The number of hydrogen-bond donors (Lipinski definition) is 1. The van der Waals surface area contributed by atoms with Gasteiger partial charge in [-0.2, -0.15) is 5.10 Å². The van der Waals surface area contributed by atoms with E-state index in [0.717, 1.165) is 46.8 Å². The quantitative estimate of drug-likeness (QED) is 0.540. The lowest BCUT2D eigenvalue weighted by molar-refractivity contribution is -0.0859. The molecule has 1 aromatic heterocycles. The normalized spacial score (nSPS) is 27.5. The van der Waals surface area contributed by atoms with E-state index in [1.165, 1.54) is 5.56 Å². The van der Waals surface area contributed by atoms with Crippen LogP contribution in [0.25, 0.3) is 5.57 Å². The third-order valence-corrected chi connectivity index (χ3v) is 7.70. The first-order chi connectivity index (χ1) is 16.4. The molecular formula is C29H30N4O. The molecule has 5 heteroatoms. The molecule has 2 unspecified atom stereocenters. The van der Waals surface area contributed by atoms with E-state index < -0.39 is 5.60 Å². The van der Waals surface area contributed by atoms with E-state index in [2.05, 4.69) is 78.5 Å². The molecule has 3 heterocycles. The van der Waals surface area contributed by atoms with Gasteiger partial charge in [0, 0.05) is 23.4 Å². The second-order valence-electron chi connectivity index (χ2n) is 10.3. The number of nitrogens with zero attached hydrogens (tertiary/aromatic N) is 4. The number of aliphatic imine (C=N–C) groups is 2. The molecule has 0 saturated heterocycles. The molecule has 172 valence electrons. The van der Waals surface area contributed by atoms with Crippen molar-refractivity contribution in [3.63, 3.8) is 0 Å². The zero-order valence-electron chi connectivity index (χ0n) is 19.9. The van der Waals surface area contributed by atoms with Gasteiger partial charge in [-0.05, 0) is 42.7 Å². The van der Waals surface area contributed by atoms with Crippen LogP contribution in [0.15, 0.2) is 76.7 Å². The van der Waals surface area contributed by atoms with Crippen molar-refractivity contribution in [1.82, 2.24) is 9.78 Å². The van der Waals surface area contributed by atoms with Crippen LogP contribution < -0.4 is 0 Å². The fourth-order valence-electron chi connectivity index (χ4n) is 5.43. The van der Waals surface area contributed by atoms with Crippen LogP contribution in [0, 0.1) is 18.8 Å². The van der Waals surface area contributed by atoms with Crippen LogP contribution in [-0.4, -0.2) is 32.4 Å². The Morgan fingerprint density at radius 1 is 1.00 bits per heavy atom. The maximum absolute atomic E-state index is 10.7. The molecule has 3 aliphatic rings. The van der Waals surface area contributed by atoms with Crippen LogP contribution >= 0.6 is 0 Å². The van der Waals surface area contributed by atoms with Crippen molar-refractivity contribution in [2.24, 2.45) is 21.8 Å². The summed E-state index contributed by atoms with van der Waals surface area (Å²) >= 11 is 0. The first-order valence-corrected chi connectivity index (χ1v) is 12.2. The molecule has 1 saturated carbocycles. The average Bonchev–Trinajstić information content (AvgIpc) is 3.22. The summed E-state index contributed by atoms with van der Waals surface area (Å²) < 4.78 is 1.95. The Balaban J connectivity index is 1.36. The molecule has 6 rings (SSSR count). The van der Waals surface area contributed by atoms with Gasteiger partial charge >= 0.3 is 0 Å². The van der Waals surface area contributed by atoms with Crippen LogP contribution in [0.5, 0.6) is 0 Å². The molecule has 2 aromatic carbocycles. The molecule has 2 atom stereocenters. The highest BCUT2D eigenvalue weighted by Crippen LogP contribution is 2.48. The lowest BCUT2D eigenvalue weighted by atomic mass is 9.63. The summed E-state index contributed by atoms with van der Waals surface area (Å²) in [6.45, 7) is 6.20. The highest BCUT2D eigenvalue weighted by molar-refractivity contribution is 6.32. The molecule has 2 aliphatic heterocycles. The molecule has 0 radical (unpaired) electrons. The van der Waals surface area contributed by atoms with Crippen LogP contribution in [0.1, 0.15) is 61.2 Å². The van der Waals surface area contributed by atoms with Gasteiger partial charge in [0.2, 0.25) is 0 Å². The number of benzene rings is 2. The fraction of sp³-hybridized carbons (Fsp3) is 0.345. The largest absolute Gasteiger partial charge is 0.390 e. The Morgan fingerprint density at radius 3 is 2.44 bits per heavy atom. The van der Waals surface area contributed by atoms with E-state index in [1.54, 1.807) is 0 Å². The second-order valence-corrected chi connectivity index (χ2v) is 10.3. The molecule has 1 fully saturated rings. The lowest BCUT2D eigenvalue weighted by Gasteiger charge is -2.47. The first kappa shape index (κ1) is 21.2. The summed E-state index contributed by atoms with van der Waals surface area (Å²) in [6, 6.07) is 21.3. The van der Waals surface area contributed by atoms with Crippen LogP contribution in [0.3, 0.4) is 0 Å². The number of aliphatic hydroxyl groups is 1. The maximum Gasteiger partial charge on any atom is 0.155 e. The van der Waals surface area contributed by atoms with Gasteiger partial charge in [-0.3, -0.25) is 4.99 Å². The highest BCUT2D eigenvalue weighted by Gasteiger charge is 2.45. The zero-order valence-corrected chi connectivity index (χ0v) is 19.9. The Hall–Kier alpha value is -3.31. The van der Waals surface area contributed by atoms with Gasteiger partial charge in [0.25, 0.3) is 0 Å². The average molecular weight is 451 g/mol. The van der Waals surface area contributed by atoms with Crippen LogP contribution in [0.4, 0.5) is 5.82 Å². The van der Waals surface area contributed by atoms with Gasteiger partial charge in [-0.1, -0.05) is 74.5 Å². The highest BCUT2D eigenvalue weighted by atomic mass is 16.3. The molecule has 1 N–H and O–H groups in total. The summed E-state index contributed by atoms with van der Waals surface area (Å²) in [5.74, 6) is 1.64. The summed E-state index contributed by atoms with van der Waals surface area (Å²) in [7, 11) is 0. The number of aryl methyl sites for hydroxylation is 1. The minimum absolute atomic E-state index is 0.0636. The number of fused-ring (bicyclic) bond motifs is 3. The SMILES string of the molecule is Cc1cc2n(n1)C1N=C(c3ccc(C4CC(O)(C(C)C)C4)cc3)C(c3ccccc3)=CC1C=N2. The van der Waals surface area contributed by atoms with Crippen molar-refractivity contribution in [3.8, 4) is 0 Å². The van der Waals surface area contributed by atoms with E-state index in [-0.39, 0.29) is 12.1 Å². The van der Waals surface area contributed by atoms with E-state index in [0.29, 0.717) is 11.8 Å². The molecule has 34 heavy (non-hydrogen) atoms. The van der Waals surface area contributed by atoms with Gasteiger partial charge in [-0.25, -0.2) is 9.67 Å². The molecule has 3 aromatic rings. The predicted molar refractivity (Wildman–Crippen MR) is 137 cm³/mol. The monoisotopic (exact) mass is 450 g/mol. The van der Waals surface area contributed by atoms with E-state index in [9.17, 15) is 5.11 Å². The lowest BCUT2D eigenvalue weighted by Crippen LogP contribution is -2.46. The van der Waals surface area contributed by atoms with Gasteiger partial charge in [-0.15, -0.1) is 0 Å². The fourth-order valence-corrected chi connectivity index (χ4v) is 5.43. The zero-order chi connectivity index (χ0) is 23.4. The summed E-state index contributed by atoms with van der Waals surface area (Å²) in [5, 5.41) is 15.4. The second kappa shape index (κ2) is 7.88. The summed E-state index contributed by atoms with van der Waals surface area (Å²) in [5.41, 5.74) is 6.10. The van der Waals surface area contributed by atoms with Crippen molar-refractivity contribution in [1.29, 1.82) is 0 Å². The van der Waals surface area contributed by atoms with Crippen molar-refractivity contribution in [3.05, 3.63) is 89.1 Å². The maximum atomic E-state index is 10.7. The molecule has 0 amide bonds. The topological polar surface area (TPSA) is 62.8 Å². The summed E-state index contributed by atoms with van der Waals surface area (Å²) in [6.07, 6.45) is 5.83. The predicted octanol–water partition coefficient (Wildman–Crippen LogP) is 5.87. The first-order valence-electron chi connectivity index (χ1n) is 12.2. The van der Waals surface area contributed by atoms with Crippen molar-refractivity contribution < 1.29 is 5.11 Å². The van der Waals surface area contributed by atoms with Crippen molar-refractivity contribution in [2.75, 3.05) is 0 Å². The molecular weight excluding hydrogens is 420 g/mol. The molecule has 0 spiro atoms. The molecule has 5 nitrogen and oxygen atoms in total. The minimum Gasteiger partial charge on any atom is -0.390 e. The van der Waals surface area contributed by atoms with E-state index in [4.69, 9.17) is 4.99 Å². The van der Waals surface area contributed by atoms with Gasteiger partial charge in [0.05, 0.1) is 22.9 Å². The Morgan fingerprint density at radius 2 is 1.74 bits per heavy atom. The smallest absolute Gasteiger partial charge is 0.155 e. The Kier molecular flexibility index (Phi) is 4.92. The van der Waals surface area contributed by atoms with E-state index >= 15 is 0 Å². The van der Waals surface area contributed by atoms with Crippen molar-refractivity contribution in [2.45, 2.75) is 51.3 Å². The number of rotatable bonds is 4. The standard InChI is InChI=1S/C29H30N4O/c1-18(2)29(34)15-24(16-29)20-9-11-22(12-10-20)27-25(21-7-5-4-6-8-21)14-23-17-30-26-13-19(3)32-33(26)28(23)31-27/h4-14,17-18,23-24,28,34H,15-16H2,1-3H3. The Bertz CT molecular complexity index is 1310. The third-order valence-electron chi connectivity index (χ3n) is 7.70. The number of hydrogen-bond acceptors (Lipinski definition) is 4. The number of dihydropyridines is 1. The van der Waals surface area contributed by atoms with Crippen LogP contribution in [-0.2, 0) is 0 Å². The van der Waals surface area contributed by atoms with Crippen molar-refractivity contribution >= 4 is 23.3 Å². The van der Waals surface area contributed by atoms with E-state index in [1.807, 2.05) is 30.0 Å². The minimum atomic E-state index is -0.517. The molecule has 0 bridgehead atoms. The number of aromatic nitrogens is 2. The van der Waals surface area contributed by atoms with Gasteiger partial charge in [0.1, 0.15) is 0 Å². The van der Waals surface area contributed by atoms with Gasteiger partial charge in [0.15, 0.2) is 12.0 Å². The van der Waals surface area contributed by atoms with Gasteiger partial charge < -0.3 is 5.11 Å².